The van der Waals surface area contributed by atoms with Crippen molar-refractivity contribution in [3.05, 3.63) is 100 Å². The van der Waals surface area contributed by atoms with Crippen LogP contribution in [0.25, 0.3) is 82.1 Å². The van der Waals surface area contributed by atoms with Gasteiger partial charge in [-0.05, 0) is 0 Å². The van der Waals surface area contributed by atoms with Crippen LogP contribution in [-0.2, 0) is 55.8 Å². The zero-order valence-corrected chi connectivity index (χ0v) is 56.4. The van der Waals surface area contributed by atoms with Crippen LogP contribution >= 0.6 is 90.7 Å². The second kappa shape index (κ2) is 19.2. The molecule has 5 aliphatic rings. The summed E-state index contributed by atoms with van der Waals surface area (Å²) in [5.41, 5.74) is 13.0. The standard InChI is InChI=1S/C30H29S4.C29H24S4.5CH3.2Sn/c1-17-13-21-27(25-15-19-9-5-3-7-11-23(19)33-25)30-22(14-18(2)32-30)28(29(21)31-17)26-16-20-10-6-4-8-12-24(20)34-26;1-2-4-17-14-24(32-22(17)5-3-1)26-20-8-10-31-29(20)27(21-9-11-30-28(21)26)25-15-19-13-18-12-16(18)6-7-23(19)33-25;;;;;;;/h13-16H,1,3-12H2,2H3;8-9,14-16,18H,1-7,12-13H2;5*1H3;;. The number of hydrogen-bond acceptors (Lipinski definition) is 8. The molecule has 1 fully saturated rings. The normalized spacial score (nSPS) is 19.3. The Balaban J connectivity index is 0.923. The van der Waals surface area contributed by atoms with Crippen molar-refractivity contribution in [2.24, 2.45) is 11.8 Å². The van der Waals surface area contributed by atoms with E-state index in [1.165, 1.54) is 151 Å². The van der Waals surface area contributed by atoms with Crippen LogP contribution in [0.2, 0.25) is 24.7 Å². The Labute approximate surface area is 479 Å². The third kappa shape index (κ3) is 8.69. The Kier molecular flexibility index (Phi) is 12.9. The molecule has 0 saturated heterocycles. The van der Waals surface area contributed by atoms with Crippen LogP contribution in [0, 0.1) is 18.8 Å². The molecule has 2 aromatic carbocycles. The molecule has 74 heavy (non-hydrogen) atoms. The van der Waals surface area contributed by atoms with Crippen molar-refractivity contribution < 1.29 is 0 Å². The van der Waals surface area contributed by atoms with Gasteiger partial charge in [0.1, 0.15) is 0 Å². The molecular formula is C64H68S8Sn2. The third-order valence-corrected chi connectivity index (χ3v) is 50.0. The van der Waals surface area contributed by atoms with E-state index in [9.17, 15) is 0 Å². The summed E-state index contributed by atoms with van der Waals surface area (Å²) < 4.78 is 11.1. The Morgan fingerprint density at radius 1 is 0.405 bits per heavy atom. The van der Waals surface area contributed by atoms with Gasteiger partial charge in [0.15, 0.2) is 0 Å². The quantitative estimate of drug-likeness (QED) is 0.105. The third-order valence-electron chi connectivity index (χ3n) is 18.0. The summed E-state index contributed by atoms with van der Waals surface area (Å²) in [5.74, 6) is 1.92. The fourth-order valence-electron chi connectivity index (χ4n) is 13.9. The van der Waals surface area contributed by atoms with Crippen molar-refractivity contribution >= 4 is 174 Å². The number of fused-ring (bicyclic) bond motifs is 9. The zero-order chi connectivity index (χ0) is 49.8. The number of rotatable bonds is 8. The number of benzene rings is 2. The van der Waals surface area contributed by atoms with E-state index in [-0.39, 0.29) is 0 Å². The topological polar surface area (TPSA) is 0 Å². The van der Waals surface area contributed by atoms with Crippen LogP contribution in [0.4, 0.5) is 0 Å². The second-order valence-corrected chi connectivity index (χ2v) is 63.8. The van der Waals surface area contributed by atoms with E-state index in [1.807, 2.05) is 0 Å². The summed E-state index contributed by atoms with van der Waals surface area (Å²) in [7, 11) is 0. The van der Waals surface area contributed by atoms with E-state index < -0.39 is 36.8 Å². The predicted octanol–water partition coefficient (Wildman–Crippen LogP) is 20.9. The van der Waals surface area contributed by atoms with Crippen LogP contribution in [0.15, 0.2) is 48.5 Å². The van der Waals surface area contributed by atoms with Gasteiger partial charge in [0.25, 0.3) is 0 Å². The maximum absolute atomic E-state index is 3.09. The summed E-state index contributed by atoms with van der Waals surface area (Å²) in [6.07, 6.45) is 25.2. The first-order valence-corrected chi connectivity index (χ1v) is 54.1. The average molecular weight is 1330 g/mol. The molecule has 15 rings (SSSR count). The Bertz CT molecular complexity index is 3690. The number of aryl methyl sites for hydroxylation is 8. The minimum atomic E-state index is -3.09. The fourth-order valence-corrected chi connectivity index (χ4v) is 40.8. The van der Waals surface area contributed by atoms with Gasteiger partial charge in [-0.1, -0.05) is 0 Å². The van der Waals surface area contributed by atoms with E-state index in [4.69, 9.17) is 0 Å². The summed E-state index contributed by atoms with van der Waals surface area (Å²) in [5, 5.41) is 6.23. The molecule has 2 atom stereocenters. The van der Waals surface area contributed by atoms with Gasteiger partial charge in [-0.15, -0.1) is 0 Å². The van der Waals surface area contributed by atoms with Crippen LogP contribution in [-0.4, -0.2) is 36.8 Å². The van der Waals surface area contributed by atoms with E-state index in [1.54, 1.807) is 115 Å². The van der Waals surface area contributed by atoms with Gasteiger partial charge in [-0.25, -0.2) is 0 Å². The van der Waals surface area contributed by atoms with Crippen molar-refractivity contribution in [3.63, 3.8) is 0 Å². The van der Waals surface area contributed by atoms with Gasteiger partial charge >= 0.3 is 485 Å². The molecule has 1 saturated carbocycles. The molecule has 0 amide bonds. The molecule has 0 spiro atoms. The Morgan fingerprint density at radius 2 is 0.838 bits per heavy atom. The maximum atomic E-state index is 2.84. The monoisotopic (exact) mass is 1330 g/mol. The molecule has 0 nitrogen and oxygen atoms in total. The van der Waals surface area contributed by atoms with Crippen molar-refractivity contribution in [3.8, 4) is 41.8 Å². The van der Waals surface area contributed by atoms with Crippen LogP contribution in [0.5, 0.6) is 0 Å². The SMILES string of the molecule is Cc1cc2c(-c3cc4c(s3)CCCCC4)c3sc([CH2][Sn]([CH3])([CH3])[c]4cc5c(-c6cc7c(s6)CCC6CC6C7)c6s[c]([Sn]([CH3])([CH3])[CH3])cc6c(-c6cc7c(s6)CCCCC7)c5s4)cc3c(-c3cc4c(s3)CCCCC4)c2s1. The first-order valence-electron chi connectivity index (χ1n) is 28.4. The summed E-state index contributed by atoms with van der Waals surface area (Å²) in [6.45, 7) is 2.36. The van der Waals surface area contributed by atoms with Crippen molar-refractivity contribution in [2.45, 2.75) is 158 Å². The van der Waals surface area contributed by atoms with Gasteiger partial charge in [0, 0.05) is 0 Å². The van der Waals surface area contributed by atoms with Crippen LogP contribution in [0.3, 0.4) is 0 Å². The summed E-state index contributed by atoms with van der Waals surface area (Å²) in [6, 6.07) is 21.7. The minimum absolute atomic E-state index is 0.933. The fraction of sp³-hybridized carbons (Fsp3) is 0.438. The van der Waals surface area contributed by atoms with Gasteiger partial charge in [0.05, 0.1) is 0 Å². The van der Waals surface area contributed by atoms with Gasteiger partial charge in [-0.2, -0.15) is 0 Å². The van der Waals surface area contributed by atoms with E-state index in [2.05, 4.69) is 171 Å². The predicted molar refractivity (Wildman–Crippen MR) is 344 cm³/mol. The molecule has 0 radical (unpaired) electrons. The second-order valence-electron chi connectivity index (χ2n) is 25.0. The Morgan fingerprint density at radius 3 is 1.38 bits per heavy atom. The first-order chi connectivity index (χ1) is 35.9. The van der Waals surface area contributed by atoms with E-state index in [0.717, 1.165) is 11.8 Å². The van der Waals surface area contributed by atoms with E-state index in [0.29, 0.717) is 0 Å². The molecule has 380 valence electrons. The summed E-state index contributed by atoms with van der Waals surface area (Å²) >= 11 is 11.9. The Hall–Kier alpha value is -1.32. The molecule has 0 bridgehead atoms. The van der Waals surface area contributed by atoms with Crippen LogP contribution < -0.4 is 5.79 Å². The van der Waals surface area contributed by atoms with Crippen molar-refractivity contribution in [2.75, 3.05) is 0 Å². The molecule has 0 aliphatic heterocycles. The molecule has 5 aliphatic carbocycles. The van der Waals surface area contributed by atoms with Gasteiger partial charge < -0.3 is 0 Å². The first kappa shape index (κ1) is 49.7. The van der Waals surface area contributed by atoms with Crippen molar-refractivity contribution in [1.29, 1.82) is 0 Å². The molecule has 8 aromatic heterocycles. The molecule has 2 unspecified atom stereocenters. The van der Waals surface area contributed by atoms with Crippen molar-refractivity contribution in [1.82, 2.24) is 0 Å². The molecule has 10 heteroatoms. The number of thiophene rings is 8. The number of hydrogen-bond donors (Lipinski definition) is 0. The average Bonchev–Trinajstić information content (AvgIpc) is 4.13. The van der Waals surface area contributed by atoms with Gasteiger partial charge in [0.2, 0.25) is 0 Å². The van der Waals surface area contributed by atoms with Crippen LogP contribution in [0.1, 0.15) is 122 Å². The van der Waals surface area contributed by atoms with E-state index >= 15 is 0 Å². The zero-order valence-electron chi connectivity index (χ0n) is 44.2. The summed E-state index contributed by atoms with van der Waals surface area (Å²) in [4.78, 5) is 29.6. The molecule has 8 heterocycles. The molecule has 0 N–H and O–H groups in total. The molecular weight excluding hydrogens is 1260 g/mol. The van der Waals surface area contributed by atoms with Gasteiger partial charge in [-0.3, -0.25) is 0 Å². The molecule has 10 aromatic rings.